The van der Waals surface area contributed by atoms with Crippen LogP contribution in [0, 0.1) is 0 Å². The number of carbonyl (C=O) groups is 1. The van der Waals surface area contributed by atoms with Crippen LogP contribution in [0.25, 0.3) is 10.9 Å². The van der Waals surface area contributed by atoms with Gasteiger partial charge in [-0.05, 0) is 31.2 Å². The number of rotatable bonds is 3. The SMILES string of the molecule is C[C@@H]1NCc2ncnc(Oc3ccc4c(ccn4C(=O)Nc4cc(C(C)(C)C)on4)c3)c21. The summed E-state index contributed by atoms with van der Waals surface area (Å²) < 4.78 is 12.9. The number of nitrogens with one attached hydrogen (secondary N) is 2. The Morgan fingerprint density at radius 1 is 1.25 bits per heavy atom. The van der Waals surface area contributed by atoms with E-state index in [2.05, 4.69) is 32.7 Å². The second-order valence-electron chi connectivity index (χ2n) is 8.91. The summed E-state index contributed by atoms with van der Waals surface area (Å²) in [7, 11) is 0. The van der Waals surface area contributed by atoms with Crippen LogP contribution < -0.4 is 15.4 Å². The molecule has 0 bridgehead atoms. The smallest absolute Gasteiger partial charge is 0.331 e. The van der Waals surface area contributed by atoms with Gasteiger partial charge in [-0.25, -0.2) is 14.8 Å². The highest BCUT2D eigenvalue weighted by Crippen LogP contribution is 2.34. The maximum absolute atomic E-state index is 12.8. The Morgan fingerprint density at radius 2 is 2.09 bits per heavy atom. The lowest BCUT2D eigenvalue weighted by molar-refractivity contribution is 0.254. The molecule has 0 spiro atoms. The highest BCUT2D eigenvalue weighted by Gasteiger charge is 2.25. The Labute approximate surface area is 184 Å². The van der Waals surface area contributed by atoms with E-state index in [4.69, 9.17) is 9.26 Å². The first kappa shape index (κ1) is 20.2. The summed E-state index contributed by atoms with van der Waals surface area (Å²) in [5.74, 6) is 2.27. The molecule has 0 aliphatic carbocycles. The van der Waals surface area contributed by atoms with Gasteiger partial charge in [0.05, 0.1) is 16.8 Å². The predicted molar refractivity (Wildman–Crippen MR) is 119 cm³/mol. The molecule has 1 aliphatic heterocycles. The molecule has 1 aromatic carbocycles. The lowest BCUT2D eigenvalue weighted by Gasteiger charge is -2.12. The Morgan fingerprint density at radius 3 is 2.88 bits per heavy atom. The third kappa shape index (κ3) is 3.60. The van der Waals surface area contributed by atoms with Crippen molar-refractivity contribution >= 4 is 22.8 Å². The van der Waals surface area contributed by atoms with Gasteiger partial charge in [0.15, 0.2) is 5.82 Å². The number of carbonyl (C=O) groups excluding carboxylic acids is 1. The molecule has 4 heterocycles. The van der Waals surface area contributed by atoms with E-state index in [1.54, 1.807) is 12.3 Å². The fourth-order valence-electron chi connectivity index (χ4n) is 3.75. The molecule has 32 heavy (non-hydrogen) atoms. The number of aromatic nitrogens is 4. The zero-order chi connectivity index (χ0) is 22.5. The minimum atomic E-state index is -0.323. The molecule has 1 aliphatic rings. The molecule has 1 atom stereocenters. The molecule has 0 radical (unpaired) electrons. The van der Waals surface area contributed by atoms with Gasteiger partial charge in [-0.2, -0.15) is 0 Å². The van der Waals surface area contributed by atoms with Crippen LogP contribution in [0.1, 0.15) is 50.8 Å². The molecule has 9 heteroatoms. The Hall–Kier alpha value is -3.72. The molecule has 0 fully saturated rings. The molecule has 3 aromatic heterocycles. The maximum atomic E-state index is 12.8. The first-order valence-electron chi connectivity index (χ1n) is 10.4. The molecule has 1 amide bonds. The number of ether oxygens (including phenoxy) is 1. The summed E-state index contributed by atoms with van der Waals surface area (Å²) in [6.45, 7) is 8.82. The van der Waals surface area contributed by atoms with E-state index >= 15 is 0 Å². The van der Waals surface area contributed by atoms with Gasteiger partial charge < -0.3 is 14.6 Å². The van der Waals surface area contributed by atoms with E-state index in [1.807, 2.05) is 45.0 Å². The zero-order valence-corrected chi connectivity index (χ0v) is 18.3. The van der Waals surface area contributed by atoms with Crippen LogP contribution in [-0.4, -0.2) is 25.7 Å². The van der Waals surface area contributed by atoms with Gasteiger partial charge in [0.25, 0.3) is 0 Å². The molecular weight excluding hydrogens is 408 g/mol. The topological polar surface area (TPSA) is 107 Å². The molecule has 2 N–H and O–H groups in total. The predicted octanol–water partition coefficient (Wildman–Crippen LogP) is 4.75. The Bertz CT molecular complexity index is 1320. The Kier molecular flexibility index (Phi) is 4.70. The lowest BCUT2D eigenvalue weighted by Crippen LogP contribution is -2.18. The largest absolute Gasteiger partial charge is 0.439 e. The van der Waals surface area contributed by atoms with Crippen LogP contribution in [0.15, 0.2) is 47.4 Å². The minimum Gasteiger partial charge on any atom is -0.439 e. The van der Waals surface area contributed by atoms with Crippen molar-refractivity contribution < 1.29 is 14.1 Å². The molecule has 0 saturated heterocycles. The standard InChI is InChI=1S/C23H24N6O3/c1-13-20-16(11-24-13)25-12-26-21(20)31-15-5-6-17-14(9-15)7-8-29(17)22(30)27-19-10-18(32-28-19)23(2,3)4/h5-10,12-13,24H,11H2,1-4H3,(H,27,28,30)/t13-/m0/s1. The van der Waals surface area contributed by atoms with Gasteiger partial charge in [0.1, 0.15) is 17.8 Å². The molecular formula is C23H24N6O3. The van der Waals surface area contributed by atoms with Gasteiger partial charge in [0.2, 0.25) is 5.88 Å². The van der Waals surface area contributed by atoms with Crippen molar-refractivity contribution in [1.29, 1.82) is 0 Å². The van der Waals surface area contributed by atoms with Crippen molar-refractivity contribution in [2.24, 2.45) is 0 Å². The monoisotopic (exact) mass is 432 g/mol. The van der Waals surface area contributed by atoms with E-state index in [9.17, 15) is 4.79 Å². The van der Waals surface area contributed by atoms with Gasteiger partial charge in [-0.15, -0.1) is 0 Å². The molecule has 0 unspecified atom stereocenters. The summed E-state index contributed by atoms with van der Waals surface area (Å²) in [5.41, 5.74) is 2.49. The number of hydrogen-bond donors (Lipinski definition) is 2. The van der Waals surface area contributed by atoms with E-state index < -0.39 is 0 Å². The van der Waals surface area contributed by atoms with Crippen LogP contribution in [0.4, 0.5) is 10.6 Å². The highest BCUT2D eigenvalue weighted by molar-refractivity contribution is 5.98. The van der Waals surface area contributed by atoms with Gasteiger partial charge in [-0.3, -0.25) is 9.88 Å². The van der Waals surface area contributed by atoms with Crippen LogP contribution in [-0.2, 0) is 12.0 Å². The molecule has 4 aromatic rings. The number of hydrogen-bond acceptors (Lipinski definition) is 7. The number of benzene rings is 1. The van der Waals surface area contributed by atoms with E-state index in [0.29, 0.717) is 29.8 Å². The zero-order valence-electron chi connectivity index (χ0n) is 18.3. The van der Waals surface area contributed by atoms with Crippen molar-refractivity contribution in [3.8, 4) is 11.6 Å². The number of nitrogens with zero attached hydrogens (tertiary/aromatic N) is 4. The van der Waals surface area contributed by atoms with Crippen molar-refractivity contribution in [2.75, 3.05) is 5.32 Å². The van der Waals surface area contributed by atoms with Crippen LogP contribution in [0.3, 0.4) is 0 Å². The minimum absolute atomic E-state index is 0.130. The fraction of sp³-hybridized carbons (Fsp3) is 0.304. The third-order valence-electron chi connectivity index (χ3n) is 5.52. The van der Waals surface area contributed by atoms with Crippen LogP contribution >= 0.6 is 0 Å². The van der Waals surface area contributed by atoms with Gasteiger partial charge in [-0.1, -0.05) is 25.9 Å². The maximum Gasteiger partial charge on any atom is 0.331 e. The second kappa shape index (κ2) is 7.45. The van der Waals surface area contributed by atoms with Crippen LogP contribution in [0.2, 0.25) is 0 Å². The van der Waals surface area contributed by atoms with Crippen molar-refractivity contribution in [3.63, 3.8) is 0 Å². The normalized spacial score (nSPS) is 15.7. The van der Waals surface area contributed by atoms with E-state index in [0.717, 1.165) is 22.2 Å². The number of fused-ring (bicyclic) bond motifs is 2. The number of amides is 1. The summed E-state index contributed by atoms with van der Waals surface area (Å²) >= 11 is 0. The molecule has 0 saturated carbocycles. The van der Waals surface area contributed by atoms with E-state index in [1.165, 1.54) is 10.9 Å². The molecule has 9 nitrogen and oxygen atoms in total. The molecule has 5 rings (SSSR count). The van der Waals surface area contributed by atoms with Crippen molar-refractivity contribution in [3.05, 3.63) is 59.9 Å². The average molecular weight is 432 g/mol. The van der Waals surface area contributed by atoms with Gasteiger partial charge >= 0.3 is 6.03 Å². The number of anilines is 1. The Balaban J connectivity index is 1.37. The summed E-state index contributed by atoms with van der Waals surface area (Å²) in [5, 5.41) is 10.9. The van der Waals surface area contributed by atoms with Crippen LogP contribution in [0.5, 0.6) is 11.6 Å². The third-order valence-corrected chi connectivity index (χ3v) is 5.52. The quantitative estimate of drug-likeness (QED) is 0.481. The van der Waals surface area contributed by atoms with Crippen molar-refractivity contribution in [2.45, 2.75) is 45.7 Å². The fourth-order valence-corrected chi connectivity index (χ4v) is 3.75. The first-order valence-corrected chi connectivity index (χ1v) is 10.4. The molecule has 164 valence electrons. The highest BCUT2D eigenvalue weighted by atomic mass is 16.5. The first-order chi connectivity index (χ1) is 15.3. The van der Waals surface area contributed by atoms with Crippen molar-refractivity contribution in [1.82, 2.24) is 25.0 Å². The lowest BCUT2D eigenvalue weighted by atomic mass is 9.93. The second-order valence-corrected chi connectivity index (χ2v) is 8.91. The van der Waals surface area contributed by atoms with Gasteiger partial charge in [0, 0.05) is 35.7 Å². The average Bonchev–Trinajstić information content (AvgIpc) is 3.46. The van der Waals surface area contributed by atoms with E-state index in [-0.39, 0.29) is 17.5 Å². The summed E-state index contributed by atoms with van der Waals surface area (Å²) in [6.07, 6.45) is 3.23. The summed E-state index contributed by atoms with van der Waals surface area (Å²) in [6, 6.07) is 8.96. The summed E-state index contributed by atoms with van der Waals surface area (Å²) in [4.78, 5) is 21.4.